The molecule has 4 nitrogen and oxygen atoms in total. The minimum atomic E-state index is 0.396. The number of morpholine rings is 1. The van der Waals surface area contributed by atoms with Gasteiger partial charge in [-0.1, -0.05) is 12.1 Å². The van der Waals surface area contributed by atoms with Crippen LogP contribution in [0.5, 0.6) is 0 Å². The second-order valence-electron chi connectivity index (χ2n) is 5.62. The van der Waals surface area contributed by atoms with Gasteiger partial charge in [0, 0.05) is 52.0 Å². The van der Waals surface area contributed by atoms with Gasteiger partial charge in [0.1, 0.15) is 0 Å². The predicted molar refractivity (Wildman–Crippen MR) is 84.4 cm³/mol. The quantitative estimate of drug-likeness (QED) is 0.857. The average molecular weight is 277 g/mol. The van der Waals surface area contributed by atoms with Crippen molar-refractivity contribution < 1.29 is 4.74 Å². The zero-order chi connectivity index (χ0) is 14.4. The molecule has 1 aliphatic heterocycles. The highest BCUT2D eigenvalue weighted by Gasteiger charge is 2.10. The van der Waals surface area contributed by atoms with Crippen molar-refractivity contribution >= 4 is 5.69 Å². The zero-order valence-electron chi connectivity index (χ0n) is 12.9. The van der Waals surface area contributed by atoms with Crippen molar-refractivity contribution in [2.75, 3.05) is 58.4 Å². The fourth-order valence-electron chi connectivity index (χ4n) is 2.44. The molecule has 1 aromatic carbocycles. The summed E-state index contributed by atoms with van der Waals surface area (Å²) in [4.78, 5) is 4.58. The Hall–Kier alpha value is -1.10. The highest BCUT2D eigenvalue weighted by molar-refractivity contribution is 5.46. The minimum Gasteiger partial charge on any atom is -0.379 e. The molecule has 0 aromatic heterocycles. The molecule has 1 unspecified atom stereocenters. The molecule has 1 saturated heterocycles. The van der Waals surface area contributed by atoms with Crippen LogP contribution in [0.3, 0.4) is 0 Å². The van der Waals surface area contributed by atoms with Gasteiger partial charge in [0.15, 0.2) is 0 Å². The number of ether oxygens (including phenoxy) is 1. The molecule has 20 heavy (non-hydrogen) atoms. The van der Waals surface area contributed by atoms with Crippen LogP contribution in [0, 0.1) is 0 Å². The summed E-state index contributed by atoms with van der Waals surface area (Å²) in [7, 11) is 4.14. The zero-order valence-corrected chi connectivity index (χ0v) is 12.9. The Labute approximate surface area is 122 Å². The fourth-order valence-corrected chi connectivity index (χ4v) is 2.44. The van der Waals surface area contributed by atoms with E-state index in [4.69, 9.17) is 4.74 Å². The summed E-state index contributed by atoms with van der Waals surface area (Å²) < 4.78 is 5.36. The molecule has 112 valence electrons. The highest BCUT2D eigenvalue weighted by atomic mass is 16.5. The molecule has 0 saturated carbocycles. The van der Waals surface area contributed by atoms with Crippen molar-refractivity contribution in [3.8, 4) is 0 Å². The summed E-state index contributed by atoms with van der Waals surface area (Å²) in [5.41, 5.74) is 2.59. The third-order valence-electron chi connectivity index (χ3n) is 3.89. The maximum Gasteiger partial charge on any atom is 0.0594 e. The van der Waals surface area contributed by atoms with Crippen LogP contribution >= 0.6 is 0 Å². The third kappa shape index (κ3) is 4.47. The van der Waals surface area contributed by atoms with Gasteiger partial charge in [-0.25, -0.2) is 0 Å². The largest absolute Gasteiger partial charge is 0.379 e. The number of nitrogens with one attached hydrogen (secondary N) is 1. The molecule has 0 aliphatic carbocycles. The SMILES string of the molecule is CC(NCCN1CCOCC1)c1ccc(N(C)C)cc1. The molecule has 1 N–H and O–H groups in total. The van der Waals surface area contributed by atoms with Crippen molar-refractivity contribution in [3.05, 3.63) is 29.8 Å². The number of hydrogen-bond donors (Lipinski definition) is 1. The minimum absolute atomic E-state index is 0.396. The monoisotopic (exact) mass is 277 g/mol. The van der Waals surface area contributed by atoms with Crippen LogP contribution in [-0.2, 0) is 4.74 Å². The van der Waals surface area contributed by atoms with Crippen molar-refractivity contribution in [2.45, 2.75) is 13.0 Å². The Kier molecular flexibility index (Phi) is 5.83. The van der Waals surface area contributed by atoms with Gasteiger partial charge in [-0.2, -0.15) is 0 Å². The second-order valence-corrected chi connectivity index (χ2v) is 5.62. The van der Waals surface area contributed by atoms with Gasteiger partial charge in [-0.15, -0.1) is 0 Å². The number of benzene rings is 1. The summed E-state index contributed by atoms with van der Waals surface area (Å²) in [6.07, 6.45) is 0. The lowest BCUT2D eigenvalue weighted by Gasteiger charge is -2.27. The van der Waals surface area contributed by atoms with Crippen molar-refractivity contribution in [1.82, 2.24) is 10.2 Å². The summed E-state index contributed by atoms with van der Waals surface area (Å²) in [6, 6.07) is 9.17. The molecule has 0 amide bonds. The van der Waals surface area contributed by atoms with Gasteiger partial charge in [-0.3, -0.25) is 4.90 Å². The average Bonchev–Trinajstić information content (AvgIpc) is 2.48. The Morgan fingerprint density at radius 1 is 1.20 bits per heavy atom. The standard InChI is InChI=1S/C16H27N3O/c1-14(15-4-6-16(7-5-15)18(2)3)17-8-9-19-10-12-20-13-11-19/h4-7,14,17H,8-13H2,1-3H3. The van der Waals surface area contributed by atoms with Gasteiger partial charge < -0.3 is 15.0 Å². The van der Waals surface area contributed by atoms with Gasteiger partial charge in [-0.05, 0) is 24.6 Å². The van der Waals surface area contributed by atoms with Crippen molar-refractivity contribution in [2.24, 2.45) is 0 Å². The number of nitrogens with zero attached hydrogens (tertiary/aromatic N) is 2. The molecular formula is C16H27N3O. The number of hydrogen-bond acceptors (Lipinski definition) is 4. The summed E-state index contributed by atoms with van der Waals surface area (Å²) in [5.74, 6) is 0. The van der Waals surface area contributed by atoms with Crippen LogP contribution in [0.1, 0.15) is 18.5 Å². The van der Waals surface area contributed by atoms with E-state index in [1.54, 1.807) is 0 Å². The van der Waals surface area contributed by atoms with Crippen LogP contribution in [-0.4, -0.2) is 58.4 Å². The Bertz CT molecular complexity index is 385. The molecule has 2 rings (SSSR count). The predicted octanol–water partition coefficient (Wildman–Crippen LogP) is 1.74. The third-order valence-corrected chi connectivity index (χ3v) is 3.89. The molecule has 1 aromatic rings. The van der Waals surface area contributed by atoms with Gasteiger partial charge in [0.2, 0.25) is 0 Å². The summed E-state index contributed by atoms with van der Waals surface area (Å²) in [6.45, 7) is 8.23. The van der Waals surface area contributed by atoms with Crippen LogP contribution < -0.4 is 10.2 Å². The van der Waals surface area contributed by atoms with Crippen LogP contribution in [0.2, 0.25) is 0 Å². The van der Waals surface area contributed by atoms with Gasteiger partial charge >= 0.3 is 0 Å². The Morgan fingerprint density at radius 3 is 2.45 bits per heavy atom. The molecule has 4 heteroatoms. The van der Waals surface area contributed by atoms with Gasteiger partial charge in [0.25, 0.3) is 0 Å². The van der Waals surface area contributed by atoms with E-state index in [-0.39, 0.29) is 0 Å². The molecule has 0 bridgehead atoms. The first-order chi connectivity index (χ1) is 9.66. The summed E-state index contributed by atoms with van der Waals surface area (Å²) in [5, 5.41) is 3.60. The second kappa shape index (κ2) is 7.62. The maximum atomic E-state index is 5.36. The van der Waals surface area contributed by atoms with Crippen LogP contribution in [0.15, 0.2) is 24.3 Å². The molecular weight excluding hydrogens is 250 g/mol. The molecule has 1 fully saturated rings. The lowest BCUT2D eigenvalue weighted by atomic mass is 10.1. The molecule has 1 heterocycles. The van der Waals surface area contributed by atoms with E-state index in [1.165, 1.54) is 11.3 Å². The van der Waals surface area contributed by atoms with E-state index in [1.807, 2.05) is 0 Å². The molecule has 0 radical (unpaired) electrons. The van der Waals surface area contributed by atoms with E-state index in [0.717, 1.165) is 39.4 Å². The molecule has 1 aliphatic rings. The van der Waals surface area contributed by atoms with Crippen LogP contribution in [0.25, 0.3) is 0 Å². The molecule has 0 spiro atoms. The van der Waals surface area contributed by atoms with E-state index in [0.29, 0.717) is 6.04 Å². The highest BCUT2D eigenvalue weighted by Crippen LogP contribution is 2.17. The Morgan fingerprint density at radius 2 is 1.85 bits per heavy atom. The van der Waals surface area contributed by atoms with Crippen molar-refractivity contribution in [3.63, 3.8) is 0 Å². The lowest BCUT2D eigenvalue weighted by Crippen LogP contribution is -2.40. The van der Waals surface area contributed by atoms with E-state index in [9.17, 15) is 0 Å². The van der Waals surface area contributed by atoms with Crippen molar-refractivity contribution in [1.29, 1.82) is 0 Å². The van der Waals surface area contributed by atoms with E-state index in [2.05, 4.69) is 60.4 Å². The maximum absolute atomic E-state index is 5.36. The first-order valence-electron chi connectivity index (χ1n) is 7.47. The first-order valence-corrected chi connectivity index (χ1v) is 7.47. The Balaban J connectivity index is 1.74. The smallest absolute Gasteiger partial charge is 0.0594 e. The summed E-state index contributed by atoms with van der Waals surface area (Å²) >= 11 is 0. The first kappa shape index (κ1) is 15.3. The number of rotatable bonds is 6. The lowest BCUT2D eigenvalue weighted by molar-refractivity contribution is 0.0382. The topological polar surface area (TPSA) is 27.7 Å². The fraction of sp³-hybridized carbons (Fsp3) is 0.625. The van der Waals surface area contributed by atoms with Gasteiger partial charge in [0.05, 0.1) is 13.2 Å². The van der Waals surface area contributed by atoms with Crippen LogP contribution in [0.4, 0.5) is 5.69 Å². The van der Waals surface area contributed by atoms with E-state index >= 15 is 0 Å². The van der Waals surface area contributed by atoms with E-state index < -0.39 is 0 Å². The number of anilines is 1. The molecule has 1 atom stereocenters. The normalized spacial score (nSPS) is 17.9.